The van der Waals surface area contributed by atoms with Gasteiger partial charge in [-0.3, -0.25) is 4.79 Å². The largest absolute Gasteiger partial charge is 0.497 e. The smallest absolute Gasteiger partial charge is 0.315 e. The van der Waals surface area contributed by atoms with Crippen molar-refractivity contribution in [2.24, 2.45) is 0 Å². The predicted molar refractivity (Wildman–Crippen MR) is 127 cm³/mol. The summed E-state index contributed by atoms with van der Waals surface area (Å²) in [6.07, 6.45) is 0.203. The van der Waals surface area contributed by atoms with Crippen LogP contribution in [0.5, 0.6) is 5.75 Å². The zero-order valence-corrected chi connectivity index (χ0v) is 20.3. The maximum absolute atomic E-state index is 13.2. The zero-order chi connectivity index (χ0) is 23.2. The van der Waals surface area contributed by atoms with Crippen LogP contribution in [0, 0.1) is 0 Å². The van der Waals surface area contributed by atoms with E-state index in [1.54, 1.807) is 45.2 Å². The van der Waals surface area contributed by atoms with Crippen LogP contribution < -0.4 is 20.6 Å². The molecule has 0 radical (unpaired) electrons. The van der Waals surface area contributed by atoms with Crippen molar-refractivity contribution in [3.05, 3.63) is 59.7 Å². The number of methoxy groups -OCH3 is 1. The first-order valence-electron chi connectivity index (χ1n) is 10.4. The van der Waals surface area contributed by atoms with Crippen LogP contribution in [0.25, 0.3) is 0 Å². The lowest BCUT2D eigenvalue weighted by Gasteiger charge is -2.22. The maximum atomic E-state index is 13.2. The number of rotatable bonds is 9. The Balaban J connectivity index is 2.19. The maximum Gasteiger partial charge on any atom is 0.315 e. The van der Waals surface area contributed by atoms with E-state index in [9.17, 15) is 14.7 Å². The average molecular weight is 443 g/mol. The molecule has 2 rings (SSSR count). The highest BCUT2D eigenvalue weighted by Gasteiger charge is 2.24. The Hall–Kier alpha value is -2.64. The van der Waals surface area contributed by atoms with Gasteiger partial charge in [-0.1, -0.05) is 61.2 Å². The zero-order valence-electron chi connectivity index (χ0n) is 19.3. The minimum Gasteiger partial charge on any atom is -0.497 e. The van der Waals surface area contributed by atoms with Crippen LogP contribution in [0.4, 0.5) is 4.79 Å². The number of benzene rings is 2. The number of amides is 2. The number of hydrogen-bond donors (Lipinski definition) is 3. The van der Waals surface area contributed by atoms with Crippen molar-refractivity contribution in [3.8, 4) is 5.75 Å². The van der Waals surface area contributed by atoms with Gasteiger partial charge in [-0.15, -0.1) is 0 Å². The fourth-order valence-electron chi connectivity index (χ4n) is 3.05. The molecule has 0 saturated carbocycles. The summed E-state index contributed by atoms with van der Waals surface area (Å²) in [5.41, 5.74) is 0.529. The minimum absolute atomic E-state index is 0.0700. The number of hydrogen-bond acceptors (Lipinski definition) is 4. The summed E-state index contributed by atoms with van der Waals surface area (Å²) in [7, 11) is 0.165. The minimum atomic E-state index is -1.41. The van der Waals surface area contributed by atoms with Crippen molar-refractivity contribution >= 4 is 25.1 Å². The van der Waals surface area contributed by atoms with E-state index in [0.29, 0.717) is 11.3 Å². The molecule has 0 heterocycles. The van der Waals surface area contributed by atoms with Crippen LogP contribution >= 0.6 is 0 Å². The first-order valence-corrected chi connectivity index (χ1v) is 13.9. The molecule has 0 bridgehead atoms. The molecule has 0 aliphatic carbocycles. The summed E-state index contributed by atoms with van der Waals surface area (Å²) < 4.78 is 5.19. The monoisotopic (exact) mass is 442 g/mol. The summed E-state index contributed by atoms with van der Waals surface area (Å²) in [5.74, 6) is 0.549. The second-order valence-corrected chi connectivity index (χ2v) is 14.5. The molecule has 31 heavy (non-hydrogen) atoms. The van der Waals surface area contributed by atoms with E-state index in [0.717, 1.165) is 5.56 Å². The predicted octanol–water partition coefficient (Wildman–Crippen LogP) is 3.16. The van der Waals surface area contributed by atoms with Crippen LogP contribution in [0.1, 0.15) is 31.0 Å². The number of nitrogens with one attached hydrogen (secondary N) is 2. The summed E-state index contributed by atoms with van der Waals surface area (Å²) in [5, 5.41) is 16.5. The lowest BCUT2D eigenvalue weighted by Crippen LogP contribution is -2.46. The van der Waals surface area contributed by atoms with Crippen LogP contribution in [-0.4, -0.2) is 44.3 Å². The van der Waals surface area contributed by atoms with Crippen molar-refractivity contribution in [1.82, 2.24) is 10.6 Å². The molecule has 168 valence electrons. The average Bonchev–Trinajstić information content (AvgIpc) is 2.70. The van der Waals surface area contributed by atoms with Crippen molar-refractivity contribution in [2.75, 3.05) is 13.7 Å². The van der Waals surface area contributed by atoms with Gasteiger partial charge in [0.25, 0.3) is 0 Å². The molecule has 3 N–H and O–H groups in total. The molecule has 2 aromatic rings. The van der Waals surface area contributed by atoms with Gasteiger partial charge in [0.05, 0.1) is 20.8 Å². The molecule has 1 atom stereocenters. The van der Waals surface area contributed by atoms with Crippen molar-refractivity contribution in [1.29, 1.82) is 0 Å². The van der Waals surface area contributed by atoms with Crippen LogP contribution in [0.15, 0.2) is 48.5 Å². The Bertz CT molecular complexity index is 882. The molecule has 7 heteroatoms. The Labute approximate surface area is 186 Å². The van der Waals surface area contributed by atoms with E-state index < -0.39 is 25.7 Å². The number of Topliss-reactive ketones (excluding diaryl/α,β-unsaturated/α-hetero) is 1. The quantitative estimate of drug-likeness (QED) is 0.521. The van der Waals surface area contributed by atoms with Gasteiger partial charge in [0, 0.05) is 13.0 Å². The van der Waals surface area contributed by atoms with E-state index in [1.807, 2.05) is 12.1 Å². The summed E-state index contributed by atoms with van der Waals surface area (Å²) in [4.78, 5) is 25.6. The Morgan fingerprint density at radius 3 is 2.10 bits per heavy atom. The van der Waals surface area contributed by atoms with E-state index >= 15 is 0 Å². The number of carbonyl (C=O) groups is 2. The van der Waals surface area contributed by atoms with E-state index in [4.69, 9.17) is 4.74 Å². The topological polar surface area (TPSA) is 87.7 Å². The molecule has 0 spiro atoms. The molecule has 1 unspecified atom stereocenters. The molecular formula is C24H34N2O4Si. The van der Waals surface area contributed by atoms with Crippen LogP contribution in [0.3, 0.4) is 0 Å². The highest BCUT2D eigenvalue weighted by molar-refractivity contribution is 6.88. The summed E-state index contributed by atoms with van der Waals surface area (Å²) in [6, 6.07) is 13.9. The number of urea groups is 1. The van der Waals surface area contributed by atoms with Gasteiger partial charge in [-0.05, 0) is 37.1 Å². The van der Waals surface area contributed by atoms with Crippen molar-refractivity contribution in [2.45, 2.75) is 51.6 Å². The molecule has 0 aliphatic heterocycles. The van der Waals surface area contributed by atoms with Gasteiger partial charge in [0.2, 0.25) is 0 Å². The third kappa shape index (κ3) is 7.84. The summed E-state index contributed by atoms with van der Waals surface area (Å²) >= 11 is 0. The van der Waals surface area contributed by atoms with Gasteiger partial charge in [-0.25, -0.2) is 4.79 Å². The number of aliphatic hydroxyl groups is 1. The summed E-state index contributed by atoms with van der Waals surface area (Å²) in [6.45, 7) is 10.1. The van der Waals surface area contributed by atoms with Gasteiger partial charge in [0.1, 0.15) is 11.8 Å². The molecule has 2 aromatic carbocycles. The molecule has 0 aromatic heterocycles. The first kappa shape index (κ1) is 24.6. The second kappa shape index (κ2) is 10.1. The normalized spacial score (nSPS) is 12.7. The molecule has 0 saturated heterocycles. The Morgan fingerprint density at radius 1 is 1.03 bits per heavy atom. The van der Waals surface area contributed by atoms with E-state index in [2.05, 4.69) is 42.4 Å². The molecular weight excluding hydrogens is 408 g/mol. The fraction of sp³-hybridized carbons (Fsp3) is 0.417. The second-order valence-electron chi connectivity index (χ2n) is 9.44. The Kier molecular flexibility index (Phi) is 8.03. The standard InChI is InChI=1S/C24H34N2O4Si/c1-24(2,29)16-25-23(28)26-22(18-9-11-19(30-3)12-10-18)21(27)15-17-7-13-20(14-8-17)31(4,5)6/h7-14,22,29H,15-16H2,1-6H3,(H2,25,26,28). The third-order valence-corrected chi connectivity index (χ3v) is 6.99. The van der Waals surface area contributed by atoms with Crippen LogP contribution in [-0.2, 0) is 11.2 Å². The number of ether oxygens (including phenoxy) is 1. The number of ketones is 1. The third-order valence-electron chi connectivity index (χ3n) is 4.93. The molecule has 0 aliphatic rings. The molecule has 0 fully saturated rings. The highest BCUT2D eigenvalue weighted by atomic mass is 28.3. The van der Waals surface area contributed by atoms with Gasteiger partial charge < -0.3 is 20.5 Å². The van der Waals surface area contributed by atoms with E-state index in [1.165, 1.54) is 5.19 Å². The van der Waals surface area contributed by atoms with Crippen molar-refractivity contribution < 1.29 is 19.4 Å². The van der Waals surface area contributed by atoms with Crippen molar-refractivity contribution in [3.63, 3.8) is 0 Å². The number of carbonyl (C=O) groups excluding carboxylic acids is 2. The highest BCUT2D eigenvalue weighted by Crippen LogP contribution is 2.20. The molecule has 2 amide bonds. The van der Waals surface area contributed by atoms with E-state index in [-0.39, 0.29) is 18.7 Å². The molecule has 6 nitrogen and oxygen atoms in total. The SMILES string of the molecule is COc1ccc(C(NC(=O)NCC(C)(C)O)C(=O)Cc2ccc([Si](C)(C)C)cc2)cc1. The van der Waals surface area contributed by atoms with Gasteiger partial charge in [0.15, 0.2) is 5.78 Å². The van der Waals surface area contributed by atoms with Crippen LogP contribution in [0.2, 0.25) is 19.6 Å². The Morgan fingerprint density at radius 2 is 1.61 bits per heavy atom. The first-order chi connectivity index (χ1) is 14.4. The van der Waals surface area contributed by atoms with Gasteiger partial charge in [-0.2, -0.15) is 0 Å². The lowest BCUT2D eigenvalue weighted by molar-refractivity contribution is -0.120. The lowest BCUT2D eigenvalue weighted by atomic mass is 9.97. The fourth-order valence-corrected chi connectivity index (χ4v) is 4.22. The van der Waals surface area contributed by atoms with Gasteiger partial charge >= 0.3 is 6.03 Å².